The zero-order valence-corrected chi connectivity index (χ0v) is 19.0. The number of fused-ring (bicyclic) bond motifs is 1. The molecule has 8 heteroatoms. The predicted octanol–water partition coefficient (Wildman–Crippen LogP) is 3.83. The predicted molar refractivity (Wildman–Crippen MR) is 124 cm³/mol. The van der Waals surface area contributed by atoms with Gasteiger partial charge in [0.2, 0.25) is 5.91 Å². The number of para-hydroxylation sites is 1. The maximum absolute atomic E-state index is 13.2. The van der Waals surface area contributed by atoms with Gasteiger partial charge in [-0.2, -0.15) is 0 Å². The lowest BCUT2D eigenvalue weighted by molar-refractivity contribution is -0.140. The number of rotatable bonds is 5. The fourth-order valence-corrected chi connectivity index (χ4v) is 4.80. The lowest BCUT2D eigenvalue weighted by Crippen LogP contribution is -2.48. The average molecular weight is 458 g/mol. The van der Waals surface area contributed by atoms with Gasteiger partial charge < -0.3 is 9.64 Å². The summed E-state index contributed by atoms with van der Waals surface area (Å²) in [5.41, 5.74) is 1.44. The summed E-state index contributed by atoms with van der Waals surface area (Å²) in [6.45, 7) is 5.45. The second kappa shape index (κ2) is 9.42. The van der Waals surface area contributed by atoms with E-state index in [4.69, 9.17) is 21.3 Å². The van der Waals surface area contributed by atoms with Gasteiger partial charge in [0.25, 0.3) is 5.56 Å². The van der Waals surface area contributed by atoms with Crippen LogP contribution in [0.5, 0.6) is 0 Å². The van der Waals surface area contributed by atoms with Gasteiger partial charge in [-0.15, -0.1) is 0 Å². The quantitative estimate of drug-likeness (QED) is 0.430. The van der Waals surface area contributed by atoms with Crippen molar-refractivity contribution in [1.29, 1.82) is 0 Å². The molecule has 0 aliphatic carbocycles. The summed E-state index contributed by atoms with van der Waals surface area (Å²) in [7, 11) is 0. The monoisotopic (exact) mass is 457 g/mol. The topological polar surface area (TPSA) is 64.4 Å². The van der Waals surface area contributed by atoms with Crippen molar-refractivity contribution in [2.24, 2.45) is 0 Å². The zero-order chi connectivity index (χ0) is 22.0. The van der Waals surface area contributed by atoms with Crippen molar-refractivity contribution in [2.45, 2.75) is 37.8 Å². The number of ether oxygens (including phenoxy) is 1. The van der Waals surface area contributed by atoms with Gasteiger partial charge in [0.05, 0.1) is 35.4 Å². The molecule has 2 atom stereocenters. The first-order valence-electron chi connectivity index (χ1n) is 10.2. The first kappa shape index (κ1) is 21.9. The highest BCUT2D eigenvalue weighted by atomic mass is 35.5. The van der Waals surface area contributed by atoms with Crippen LogP contribution in [0, 0.1) is 0 Å². The van der Waals surface area contributed by atoms with Crippen LogP contribution in [0.2, 0.25) is 5.02 Å². The fraction of sp³-hybridized carbons (Fsp3) is 0.348. The second-order valence-corrected chi connectivity index (χ2v) is 9.15. The second-order valence-electron chi connectivity index (χ2n) is 7.77. The van der Waals surface area contributed by atoms with Crippen LogP contribution in [0.25, 0.3) is 10.9 Å². The number of hydrogen-bond acceptors (Lipinski definition) is 5. The molecule has 0 unspecified atom stereocenters. The Bertz CT molecular complexity index is 1140. The van der Waals surface area contributed by atoms with E-state index in [0.29, 0.717) is 40.7 Å². The van der Waals surface area contributed by atoms with Crippen molar-refractivity contribution in [2.75, 3.05) is 18.8 Å². The molecule has 0 saturated carbocycles. The molecule has 1 aliphatic heterocycles. The van der Waals surface area contributed by atoms with E-state index in [1.807, 2.05) is 49.1 Å². The number of amides is 1. The molecule has 6 nitrogen and oxygen atoms in total. The molecule has 0 N–H and O–H groups in total. The molecule has 1 aliphatic rings. The largest absolute Gasteiger partial charge is 0.372 e. The van der Waals surface area contributed by atoms with E-state index in [0.717, 1.165) is 5.56 Å². The summed E-state index contributed by atoms with van der Waals surface area (Å²) >= 11 is 7.29. The van der Waals surface area contributed by atoms with Crippen LogP contribution < -0.4 is 5.56 Å². The SMILES string of the molecule is C[C@H]1CN(C(=O)CSc2nc3ccccc3c(=O)n2Cc2ccc(Cl)cc2)C[C@H](C)O1. The summed E-state index contributed by atoms with van der Waals surface area (Å²) in [6, 6.07) is 14.7. The Hall–Kier alpha value is -2.35. The molecule has 1 amide bonds. The molecule has 31 heavy (non-hydrogen) atoms. The molecule has 3 aromatic rings. The van der Waals surface area contributed by atoms with E-state index >= 15 is 0 Å². The molecule has 0 radical (unpaired) electrons. The van der Waals surface area contributed by atoms with E-state index in [1.54, 1.807) is 22.8 Å². The Morgan fingerprint density at radius 2 is 1.81 bits per heavy atom. The molecule has 1 aromatic heterocycles. The van der Waals surface area contributed by atoms with Gasteiger partial charge in [-0.25, -0.2) is 4.98 Å². The number of aromatic nitrogens is 2. The molecular formula is C23H24ClN3O3S. The van der Waals surface area contributed by atoms with Gasteiger partial charge in [0.1, 0.15) is 0 Å². The highest BCUT2D eigenvalue weighted by Gasteiger charge is 2.26. The standard InChI is InChI=1S/C23H24ClN3O3S/c1-15-11-26(12-16(2)30-15)21(28)14-31-23-25-20-6-4-3-5-19(20)22(29)27(23)13-17-7-9-18(24)10-8-17/h3-10,15-16H,11-14H2,1-2H3/t15-,16-/m0/s1. The molecule has 1 saturated heterocycles. The van der Waals surface area contributed by atoms with E-state index in [2.05, 4.69) is 0 Å². The minimum Gasteiger partial charge on any atom is -0.372 e. The van der Waals surface area contributed by atoms with Crippen molar-refractivity contribution in [3.63, 3.8) is 0 Å². The van der Waals surface area contributed by atoms with Gasteiger partial charge in [-0.05, 0) is 43.7 Å². The summed E-state index contributed by atoms with van der Waals surface area (Å²) in [5, 5.41) is 1.73. The lowest BCUT2D eigenvalue weighted by Gasteiger charge is -2.35. The third-order valence-electron chi connectivity index (χ3n) is 5.18. The van der Waals surface area contributed by atoms with E-state index in [9.17, 15) is 9.59 Å². The van der Waals surface area contributed by atoms with E-state index < -0.39 is 0 Å². The van der Waals surface area contributed by atoms with Crippen LogP contribution in [0.4, 0.5) is 0 Å². The fourth-order valence-electron chi connectivity index (χ4n) is 3.77. The van der Waals surface area contributed by atoms with Gasteiger partial charge in [0, 0.05) is 18.1 Å². The van der Waals surface area contributed by atoms with Crippen LogP contribution in [0.3, 0.4) is 0 Å². The lowest BCUT2D eigenvalue weighted by atomic mass is 10.2. The van der Waals surface area contributed by atoms with Crippen LogP contribution in [-0.2, 0) is 16.1 Å². The molecule has 2 heterocycles. The van der Waals surface area contributed by atoms with Crippen LogP contribution in [0.1, 0.15) is 19.4 Å². The van der Waals surface area contributed by atoms with Crippen LogP contribution in [0.15, 0.2) is 58.5 Å². The number of benzene rings is 2. The molecule has 0 spiro atoms. The highest BCUT2D eigenvalue weighted by Crippen LogP contribution is 2.21. The molecule has 2 aromatic carbocycles. The Labute approximate surface area is 190 Å². The van der Waals surface area contributed by atoms with E-state index in [-0.39, 0.29) is 29.4 Å². The number of carbonyl (C=O) groups is 1. The maximum atomic E-state index is 13.2. The van der Waals surface area contributed by atoms with Crippen LogP contribution >= 0.6 is 23.4 Å². The number of carbonyl (C=O) groups excluding carboxylic acids is 1. The summed E-state index contributed by atoms with van der Waals surface area (Å²) < 4.78 is 7.35. The Morgan fingerprint density at radius 1 is 1.13 bits per heavy atom. The van der Waals surface area contributed by atoms with Crippen molar-refractivity contribution >= 4 is 40.2 Å². The maximum Gasteiger partial charge on any atom is 0.262 e. The Balaban J connectivity index is 1.61. The number of hydrogen-bond donors (Lipinski definition) is 0. The van der Waals surface area contributed by atoms with Crippen molar-refractivity contribution in [3.8, 4) is 0 Å². The summed E-state index contributed by atoms with van der Waals surface area (Å²) in [4.78, 5) is 32.6. The minimum atomic E-state index is -0.121. The van der Waals surface area contributed by atoms with Gasteiger partial charge in [-0.1, -0.05) is 47.6 Å². The highest BCUT2D eigenvalue weighted by molar-refractivity contribution is 7.99. The van der Waals surface area contributed by atoms with Crippen molar-refractivity contribution in [3.05, 3.63) is 69.5 Å². The Kier molecular flexibility index (Phi) is 6.65. The molecule has 0 bridgehead atoms. The number of nitrogens with zero attached hydrogens (tertiary/aromatic N) is 3. The van der Waals surface area contributed by atoms with Crippen molar-refractivity contribution in [1.82, 2.24) is 14.5 Å². The third kappa shape index (κ3) is 5.11. The van der Waals surface area contributed by atoms with Crippen molar-refractivity contribution < 1.29 is 9.53 Å². The summed E-state index contributed by atoms with van der Waals surface area (Å²) in [6.07, 6.45) is 0.0270. The number of halogens is 1. The normalized spacial score (nSPS) is 19.0. The van der Waals surface area contributed by atoms with Gasteiger partial charge in [-0.3, -0.25) is 14.2 Å². The average Bonchev–Trinajstić information content (AvgIpc) is 2.75. The Morgan fingerprint density at radius 3 is 2.52 bits per heavy atom. The van der Waals surface area contributed by atoms with Crippen LogP contribution in [-0.4, -0.2) is 51.4 Å². The number of morpholine rings is 1. The third-order valence-corrected chi connectivity index (χ3v) is 6.39. The first-order valence-corrected chi connectivity index (χ1v) is 11.6. The molecule has 1 fully saturated rings. The molecule has 4 rings (SSSR count). The molecular weight excluding hydrogens is 434 g/mol. The number of thioether (sulfide) groups is 1. The van der Waals surface area contributed by atoms with E-state index in [1.165, 1.54) is 11.8 Å². The minimum absolute atomic E-state index is 0.0135. The summed E-state index contributed by atoms with van der Waals surface area (Å²) in [5.74, 6) is 0.234. The zero-order valence-electron chi connectivity index (χ0n) is 17.5. The van der Waals surface area contributed by atoms with Gasteiger partial charge in [0.15, 0.2) is 5.16 Å². The van der Waals surface area contributed by atoms with Gasteiger partial charge >= 0.3 is 0 Å². The molecule has 162 valence electrons. The first-order chi connectivity index (χ1) is 14.9. The smallest absolute Gasteiger partial charge is 0.262 e.